The van der Waals surface area contributed by atoms with E-state index in [1.165, 1.54) is 7.11 Å². The molecule has 0 bridgehead atoms. The van der Waals surface area contributed by atoms with Crippen molar-refractivity contribution in [2.45, 2.75) is 25.7 Å². The van der Waals surface area contributed by atoms with Crippen LogP contribution in [0.25, 0.3) is 16.0 Å². The highest BCUT2D eigenvalue weighted by molar-refractivity contribution is 7.51. The van der Waals surface area contributed by atoms with Crippen molar-refractivity contribution in [3.8, 4) is 28.4 Å². The fourth-order valence-corrected chi connectivity index (χ4v) is 4.11. The van der Waals surface area contributed by atoms with Crippen molar-refractivity contribution in [2.75, 3.05) is 19.9 Å². The molecule has 0 unspecified atom stereocenters. The standard InChI is InChI=1S/C27H28NO7P/c1-28-23-12-7-20(8-13-23)21-9-14-24(15-10-21)35-27(29)22-11-16-25(26(19-22)33-2)34-17-5-3-4-6-18-36(30,31)32/h7-16,19H,3-6,17-18H2,2H3,(H2,30,31,32). The molecule has 0 aliphatic carbocycles. The van der Waals surface area contributed by atoms with Gasteiger partial charge < -0.3 is 24.0 Å². The Labute approximate surface area is 210 Å². The Kier molecular flexibility index (Phi) is 9.66. The predicted octanol–water partition coefficient (Wildman–Crippen LogP) is 6.25. The van der Waals surface area contributed by atoms with E-state index in [0.29, 0.717) is 47.9 Å². The Hall–Kier alpha value is -3.63. The van der Waals surface area contributed by atoms with Gasteiger partial charge in [-0.1, -0.05) is 49.2 Å². The van der Waals surface area contributed by atoms with Crippen LogP contribution >= 0.6 is 7.60 Å². The third-order valence-corrected chi connectivity index (χ3v) is 6.29. The van der Waals surface area contributed by atoms with Gasteiger partial charge in [0.1, 0.15) is 5.75 Å². The van der Waals surface area contributed by atoms with E-state index in [-0.39, 0.29) is 6.16 Å². The molecule has 0 aromatic heterocycles. The molecule has 0 atom stereocenters. The summed E-state index contributed by atoms with van der Waals surface area (Å²) in [6.45, 7) is 7.46. The molecule has 2 N–H and O–H groups in total. The highest BCUT2D eigenvalue weighted by Crippen LogP contribution is 2.35. The van der Waals surface area contributed by atoms with Crippen molar-refractivity contribution in [3.05, 3.63) is 83.7 Å². The zero-order chi connectivity index (χ0) is 26.0. The minimum absolute atomic E-state index is 0.0959. The van der Waals surface area contributed by atoms with Crippen LogP contribution in [0, 0.1) is 6.57 Å². The van der Waals surface area contributed by atoms with E-state index in [1.54, 1.807) is 42.5 Å². The zero-order valence-corrected chi connectivity index (χ0v) is 20.8. The number of carbonyl (C=O) groups is 1. The molecule has 188 valence electrons. The number of rotatable bonds is 12. The summed E-state index contributed by atoms with van der Waals surface area (Å²) in [5.41, 5.74) is 2.79. The topological polar surface area (TPSA) is 107 Å². The largest absolute Gasteiger partial charge is 0.493 e. The van der Waals surface area contributed by atoms with E-state index in [4.69, 9.17) is 30.6 Å². The maximum Gasteiger partial charge on any atom is 0.343 e. The van der Waals surface area contributed by atoms with Gasteiger partial charge in [0.15, 0.2) is 17.2 Å². The monoisotopic (exact) mass is 509 g/mol. The molecular weight excluding hydrogens is 481 g/mol. The van der Waals surface area contributed by atoms with Crippen LogP contribution in [0.3, 0.4) is 0 Å². The van der Waals surface area contributed by atoms with Gasteiger partial charge >= 0.3 is 13.6 Å². The Morgan fingerprint density at radius 2 is 1.53 bits per heavy atom. The highest BCUT2D eigenvalue weighted by Gasteiger charge is 2.14. The molecule has 0 aliphatic heterocycles. The Balaban J connectivity index is 1.52. The Morgan fingerprint density at radius 1 is 0.889 bits per heavy atom. The summed E-state index contributed by atoms with van der Waals surface area (Å²) in [6.07, 6.45) is 2.61. The summed E-state index contributed by atoms with van der Waals surface area (Å²) in [7, 11) is -2.44. The summed E-state index contributed by atoms with van der Waals surface area (Å²) >= 11 is 0. The van der Waals surface area contributed by atoms with Gasteiger partial charge in [-0.2, -0.15) is 0 Å². The molecule has 9 heteroatoms. The van der Waals surface area contributed by atoms with Crippen LogP contribution in [-0.4, -0.2) is 35.6 Å². The fraction of sp³-hybridized carbons (Fsp3) is 0.259. The molecule has 36 heavy (non-hydrogen) atoms. The Morgan fingerprint density at radius 3 is 2.14 bits per heavy atom. The summed E-state index contributed by atoms with van der Waals surface area (Å²) in [5, 5.41) is 0. The van der Waals surface area contributed by atoms with Crippen molar-refractivity contribution in [3.63, 3.8) is 0 Å². The summed E-state index contributed by atoms with van der Waals surface area (Å²) < 4.78 is 27.5. The van der Waals surface area contributed by atoms with Crippen LogP contribution in [0.15, 0.2) is 66.7 Å². The maximum absolute atomic E-state index is 12.6. The van der Waals surface area contributed by atoms with Gasteiger partial charge in [-0.15, -0.1) is 0 Å². The van der Waals surface area contributed by atoms with Gasteiger partial charge in [-0.3, -0.25) is 4.57 Å². The second-order valence-corrected chi connectivity index (χ2v) is 9.87. The van der Waals surface area contributed by atoms with Crippen molar-refractivity contribution in [1.82, 2.24) is 0 Å². The summed E-state index contributed by atoms with van der Waals surface area (Å²) in [5.74, 6) is 0.778. The number of methoxy groups -OCH3 is 1. The second-order valence-electron chi connectivity index (χ2n) is 8.09. The van der Waals surface area contributed by atoms with Crippen LogP contribution in [-0.2, 0) is 4.57 Å². The lowest BCUT2D eigenvalue weighted by Gasteiger charge is -2.12. The van der Waals surface area contributed by atoms with E-state index < -0.39 is 13.6 Å². The number of hydrogen-bond acceptors (Lipinski definition) is 5. The smallest absolute Gasteiger partial charge is 0.343 e. The fourth-order valence-electron chi connectivity index (χ4n) is 3.48. The van der Waals surface area contributed by atoms with Crippen LogP contribution in [0.4, 0.5) is 5.69 Å². The molecule has 3 rings (SSSR count). The molecule has 0 radical (unpaired) electrons. The van der Waals surface area contributed by atoms with E-state index in [1.807, 2.05) is 24.3 Å². The third kappa shape index (κ3) is 8.24. The Bertz CT molecular complexity index is 1240. The van der Waals surface area contributed by atoms with Crippen LogP contribution in [0.1, 0.15) is 36.0 Å². The van der Waals surface area contributed by atoms with Crippen molar-refractivity contribution >= 4 is 19.3 Å². The summed E-state index contributed by atoms with van der Waals surface area (Å²) in [4.78, 5) is 33.8. The van der Waals surface area contributed by atoms with E-state index in [2.05, 4.69) is 4.85 Å². The number of ether oxygens (including phenoxy) is 3. The molecule has 3 aromatic carbocycles. The zero-order valence-electron chi connectivity index (χ0n) is 19.9. The van der Waals surface area contributed by atoms with Crippen molar-refractivity contribution < 1.29 is 33.4 Å². The van der Waals surface area contributed by atoms with Gasteiger partial charge in [0.2, 0.25) is 0 Å². The van der Waals surface area contributed by atoms with Crippen LogP contribution < -0.4 is 14.2 Å². The quantitative estimate of drug-likeness (QED) is 0.0977. The molecule has 0 saturated heterocycles. The maximum atomic E-state index is 12.6. The second kappa shape index (κ2) is 12.9. The van der Waals surface area contributed by atoms with Gasteiger partial charge in [0.05, 0.1) is 25.9 Å². The average Bonchev–Trinajstić information content (AvgIpc) is 2.88. The first-order valence-corrected chi connectivity index (χ1v) is 13.2. The highest BCUT2D eigenvalue weighted by atomic mass is 31.2. The lowest BCUT2D eigenvalue weighted by atomic mass is 10.1. The number of carbonyl (C=O) groups excluding carboxylic acids is 1. The molecule has 0 saturated carbocycles. The van der Waals surface area contributed by atoms with E-state index in [0.717, 1.165) is 24.0 Å². The number of unbranched alkanes of at least 4 members (excludes halogenated alkanes) is 3. The number of nitrogens with zero attached hydrogens (tertiary/aromatic N) is 1. The molecular formula is C27H28NO7P. The number of benzene rings is 3. The third-order valence-electron chi connectivity index (χ3n) is 5.40. The molecule has 8 nitrogen and oxygen atoms in total. The summed E-state index contributed by atoms with van der Waals surface area (Å²) in [6, 6.07) is 19.2. The lowest BCUT2D eigenvalue weighted by molar-refractivity contribution is 0.0734. The average molecular weight is 509 g/mol. The molecule has 0 amide bonds. The first-order chi connectivity index (χ1) is 17.3. The van der Waals surface area contributed by atoms with E-state index >= 15 is 0 Å². The molecule has 0 spiro atoms. The normalized spacial score (nSPS) is 10.9. The van der Waals surface area contributed by atoms with Gasteiger partial charge in [0.25, 0.3) is 0 Å². The van der Waals surface area contributed by atoms with Gasteiger partial charge in [0, 0.05) is 6.16 Å². The molecule has 0 fully saturated rings. The van der Waals surface area contributed by atoms with Crippen molar-refractivity contribution in [1.29, 1.82) is 0 Å². The van der Waals surface area contributed by atoms with Crippen LogP contribution in [0.2, 0.25) is 0 Å². The van der Waals surface area contributed by atoms with Gasteiger partial charge in [-0.05, 0) is 54.3 Å². The SMILES string of the molecule is [C-]#[N+]c1ccc(-c2ccc(OC(=O)c3ccc(OCCCCCCP(=O)(O)O)c(OC)c3)cc2)cc1. The minimum atomic E-state index is -3.93. The molecule has 0 heterocycles. The first kappa shape index (κ1) is 27.0. The predicted molar refractivity (Wildman–Crippen MR) is 137 cm³/mol. The molecule has 0 aliphatic rings. The van der Waals surface area contributed by atoms with Crippen LogP contribution in [0.5, 0.6) is 17.2 Å². The van der Waals surface area contributed by atoms with Gasteiger partial charge in [-0.25, -0.2) is 9.64 Å². The van der Waals surface area contributed by atoms with E-state index in [9.17, 15) is 9.36 Å². The molecule has 3 aromatic rings. The lowest BCUT2D eigenvalue weighted by Crippen LogP contribution is -2.09. The van der Waals surface area contributed by atoms with Crippen molar-refractivity contribution in [2.24, 2.45) is 0 Å². The minimum Gasteiger partial charge on any atom is -0.493 e. The first-order valence-electron chi connectivity index (χ1n) is 11.4. The number of esters is 1. The number of hydrogen-bond donors (Lipinski definition) is 2.